The van der Waals surface area contributed by atoms with Crippen molar-refractivity contribution in [3.63, 3.8) is 0 Å². The Morgan fingerprint density at radius 3 is 2.19 bits per heavy atom. The first-order valence-electron chi connectivity index (χ1n) is 11.0. The summed E-state index contributed by atoms with van der Waals surface area (Å²) in [6, 6.07) is 9.30. The summed E-state index contributed by atoms with van der Waals surface area (Å²) in [5, 5.41) is 13.0. The number of carbonyl (C=O) groups is 2. The first-order valence-corrected chi connectivity index (χ1v) is 11.0. The van der Waals surface area contributed by atoms with Gasteiger partial charge in [0.25, 0.3) is 0 Å². The highest BCUT2D eigenvalue weighted by Gasteiger charge is 2.23. The first kappa shape index (κ1) is 20.5. The Hall–Kier alpha value is -3.43. The average molecular weight is 432 g/mol. The number of hydrogen-bond acceptors (Lipinski definition) is 7. The molecule has 3 aromatic rings. The summed E-state index contributed by atoms with van der Waals surface area (Å²) in [5.41, 5.74) is 2.58. The van der Waals surface area contributed by atoms with Crippen LogP contribution in [0.15, 0.2) is 42.7 Å². The molecule has 2 aromatic heterocycles. The third-order valence-corrected chi connectivity index (χ3v) is 5.91. The molecular weight excluding hydrogens is 406 g/mol. The maximum absolute atomic E-state index is 12.3. The smallest absolute Gasteiger partial charge is 0.243 e. The molecule has 2 fully saturated rings. The fourth-order valence-electron chi connectivity index (χ4n) is 4.14. The molecule has 2 aliphatic rings. The molecule has 2 amide bonds. The Kier molecular flexibility index (Phi) is 5.74. The van der Waals surface area contributed by atoms with Gasteiger partial charge in [-0.1, -0.05) is 6.07 Å². The second-order valence-corrected chi connectivity index (χ2v) is 8.18. The van der Waals surface area contributed by atoms with Gasteiger partial charge in [0.2, 0.25) is 17.8 Å². The summed E-state index contributed by atoms with van der Waals surface area (Å²) in [7, 11) is 0. The monoisotopic (exact) mass is 431 g/mol. The normalized spacial score (nSPS) is 20.4. The van der Waals surface area contributed by atoms with Crippen molar-refractivity contribution in [1.82, 2.24) is 25.6 Å². The fourth-order valence-corrected chi connectivity index (χ4v) is 4.14. The van der Waals surface area contributed by atoms with Crippen LogP contribution in [0.1, 0.15) is 25.7 Å². The molecule has 4 N–H and O–H groups in total. The number of carbonyl (C=O) groups excluding carboxylic acids is 2. The Morgan fingerprint density at radius 2 is 1.53 bits per heavy atom. The maximum atomic E-state index is 12.3. The minimum atomic E-state index is -0.171. The predicted molar refractivity (Wildman–Crippen MR) is 122 cm³/mol. The highest BCUT2D eigenvalue weighted by atomic mass is 16.2. The molecule has 32 heavy (non-hydrogen) atoms. The zero-order valence-electron chi connectivity index (χ0n) is 17.6. The number of nitrogens with zero attached hydrogens (tertiary/aromatic N) is 3. The molecule has 2 unspecified atom stereocenters. The van der Waals surface area contributed by atoms with E-state index in [0.717, 1.165) is 60.8 Å². The number of aromatic nitrogens is 3. The van der Waals surface area contributed by atoms with Gasteiger partial charge in [0.05, 0.1) is 17.6 Å². The third kappa shape index (κ3) is 4.44. The van der Waals surface area contributed by atoms with E-state index in [2.05, 4.69) is 36.2 Å². The quantitative estimate of drug-likeness (QED) is 0.488. The van der Waals surface area contributed by atoms with Crippen LogP contribution < -0.4 is 21.3 Å². The van der Waals surface area contributed by atoms with Crippen molar-refractivity contribution in [2.45, 2.75) is 37.8 Å². The molecule has 9 nitrogen and oxygen atoms in total. The lowest BCUT2D eigenvalue weighted by Gasteiger charge is -2.11. The van der Waals surface area contributed by atoms with Gasteiger partial charge in [-0.05, 0) is 68.6 Å². The Bertz CT molecular complexity index is 1140. The number of pyridine rings is 1. The fraction of sp³-hybridized carbons (Fsp3) is 0.348. The Balaban J connectivity index is 1.27. The first-order chi connectivity index (χ1) is 15.7. The molecular formula is C23H25N7O2. The second kappa shape index (κ2) is 8.97. The lowest BCUT2D eigenvalue weighted by atomic mass is 10.1. The molecule has 9 heteroatoms. The van der Waals surface area contributed by atoms with Gasteiger partial charge in [-0.3, -0.25) is 14.9 Å². The highest BCUT2D eigenvalue weighted by molar-refractivity contribution is 5.96. The van der Waals surface area contributed by atoms with Gasteiger partial charge in [0, 0.05) is 23.3 Å². The molecule has 2 saturated heterocycles. The summed E-state index contributed by atoms with van der Waals surface area (Å²) in [6.07, 6.45) is 7.09. The molecule has 164 valence electrons. The lowest BCUT2D eigenvalue weighted by Crippen LogP contribution is -2.35. The molecule has 5 rings (SSSR count). The van der Waals surface area contributed by atoms with E-state index in [9.17, 15) is 9.59 Å². The van der Waals surface area contributed by atoms with Crippen molar-refractivity contribution < 1.29 is 9.59 Å². The van der Waals surface area contributed by atoms with E-state index in [1.54, 1.807) is 12.4 Å². The third-order valence-electron chi connectivity index (χ3n) is 5.91. The van der Waals surface area contributed by atoms with Crippen molar-refractivity contribution in [1.29, 1.82) is 0 Å². The van der Waals surface area contributed by atoms with Gasteiger partial charge in [-0.25, -0.2) is 15.0 Å². The van der Waals surface area contributed by atoms with Crippen LogP contribution in [0.25, 0.3) is 22.0 Å². The zero-order valence-corrected chi connectivity index (χ0v) is 17.6. The topological polar surface area (TPSA) is 121 Å². The number of nitrogens with one attached hydrogen (secondary N) is 4. The summed E-state index contributed by atoms with van der Waals surface area (Å²) < 4.78 is 0. The number of anilines is 2. The minimum absolute atomic E-state index is 0.0426. The molecule has 0 bridgehead atoms. The van der Waals surface area contributed by atoms with Gasteiger partial charge in [-0.15, -0.1) is 0 Å². The highest BCUT2D eigenvalue weighted by Crippen LogP contribution is 2.24. The largest absolute Gasteiger partial charge is 0.309 e. The minimum Gasteiger partial charge on any atom is -0.309 e. The summed E-state index contributed by atoms with van der Waals surface area (Å²) in [5.74, 6) is 0.703. The Labute approximate surface area is 185 Å². The summed E-state index contributed by atoms with van der Waals surface area (Å²) in [4.78, 5) is 37.6. The van der Waals surface area contributed by atoms with Crippen LogP contribution in [0.2, 0.25) is 0 Å². The maximum Gasteiger partial charge on any atom is 0.243 e. The lowest BCUT2D eigenvalue weighted by molar-refractivity contribution is -0.118. The molecule has 0 aliphatic carbocycles. The van der Waals surface area contributed by atoms with Crippen LogP contribution in [-0.2, 0) is 9.59 Å². The van der Waals surface area contributed by atoms with Gasteiger partial charge in [0.15, 0.2) is 0 Å². The SMILES string of the molecule is O=C(Nc1ccc2cc(-c3cnc(NC(=O)C4CCCN4)nc3)ccc2n1)C1CCCN1. The van der Waals surface area contributed by atoms with E-state index in [1.165, 1.54) is 0 Å². The van der Waals surface area contributed by atoms with E-state index >= 15 is 0 Å². The number of benzene rings is 1. The number of fused-ring (bicyclic) bond motifs is 1. The second-order valence-electron chi connectivity index (χ2n) is 8.18. The molecule has 2 aliphatic heterocycles. The molecule has 1 aromatic carbocycles. The van der Waals surface area contributed by atoms with Crippen molar-refractivity contribution >= 4 is 34.5 Å². The molecule has 2 atom stereocenters. The van der Waals surface area contributed by atoms with Gasteiger partial charge >= 0.3 is 0 Å². The van der Waals surface area contributed by atoms with Crippen molar-refractivity contribution in [2.75, 3.05) is 23.7 Å². The number of amides is 2. The van der Waals surface area contributed by atoms with E-state index in [4.69, 9.17) is 0 Å². The summed E-state index contributed by atoms with van der Waals surface area (Å²) in [6.45, 7) is 1.74. The average Bonchev–Trinajstić information content (AvgIpc) is 3.54. The van der Waals surface area contributed by atoms with Crippen LogP contribution in [0.4, 0.5) is 11.8 Å². The predicted octanol–water partition coefficient (Wildman–Crippen LogP) is 2.07. The number of hydrogen-bond donors (Lipinski definition) is 4. The summed E-state index contributed by atoms with van der Waals surface area (Å²) >= 11 is 0. The van der Waals surface area contributed by atoms with Gasteiger partial charge < -0.3 is 16.0 Å². The number of rotatable bonds is 5. The standard InChI is InChI=1S/C23H25N7O2/c31-21(18-3-1-9-24-18)29-20-8-6-15-11-14(5-7-17(15)28-20)16-12-26-23(27-13-16)30-22(32)19-4-2-10-25-19/h5-8,11-13,18-19,24-25H,1-4,9-10H2,(H,28,29,31)(H,26,27,30,32). The van der Waals surface area contributed by atoms with Gasteiger partial charge in [-0.2, -0.15) is 0 Å². The molecule has 0 saturated carbocycles. The van der Waals surface area contributed by atoms with Crippen LogP contribution in [0.5, 0.6) is 0 Å². The van der Waals surface area contributed by atoms with E-state index in [0.29, 0.717) is 11.8 Å². The van der Waals surface area contributed by atoms with Crippen molar-refractivity contribution in [3.8, 4) is 11.1 Å². The zero-order chi connectivity index (χ0) is 21.9. The van der Waals surface area contributed by atoms with E-state index in [1.807, 2.05) is 30.3 Å². The molecule has 0 spiro atoms. The van der Waals surface area contributed by atoms with Crippen LogP contribution in [0.3, 0.4) is 0 Å². The van der Waals surface area contributed by atoms with Crippen molar-refractivity contribution in [3.05, 3.63) is 42.7 Å². The van der Waals surface area contributed by atoms with Crippen LogP contribution >= 0.6 is 0 Å². The molecule has 0 radical (unpaired) electrons. The van der Waals surface area contributed by atoms with Crippen LogP contribution in [0, 0.1) is 0 Å². The van der Waals surface area contributed by atoms with E-state index < -0.39 is 0 Å². The van der Waals surface area contributed by atoms with Gasteiger partial charge in [0.1, 0.15) is 5.82 Å². The Morgan fingerprint density at radius 1 is 0.844 bits per heavy atom. The van der Waals surface area contributed by atoms with E-state index in [-0.39, 0.29) is 23.9 Å². The van der Waals surface area contributed by atoms with Crippen molar-refractivity contribution in [2.24, 2.45) is 0 Å². The molecule has 4 heterocycles. The van der Waals surface area contributed by atoms with Crippen LogP contribution in [-0.4, -0.2) is 51.9 Å².